The molecule has 0 spiro atoms. The van der Waals surface area contributed by atoms with Crippen LogP contribution in [0, 0.1) is 5.92 Å². The number of nitrogens with one attached hydrogen (secondary N) is 1. The van der Waals surface area contributed by atoms with Gasteiger partial charge in [-0.1, -0.05) is 13.3 Å². The minimum atomic E-state index is -0.0111. The topological polar surface area (TPSA) is 58.4 Å². The van der Waals surface area contributed by atoms with E-state index in [1.165, 1.54) is 0 Å². The molecule has 0 aromatic rings. The number of nitrogens with zero attached hydrogens (tertiary/aromatic N) is 1. The standard InChI is InChI=1S/C14H29N3O/c1-4-5-11(2)16-14(18)12(3)17-8-6-13(10-15)7-9-17/h11-13H,4-10,15H2,1-3H3,(H,16,18). The number of nitrogens with two attached hydrogens (primary N) is 1. The Hall–Kier alpha value is -0.610. The lowest BCUT2D eigenvalue weighted by Gasteiger charge is -2.35. The predicted molar refractivity (Wildman–Crippen MR) is 75.3 cm³/mol. The fourth-order valence-electron chi connectivity index (χ4n) is 2.61. The van der Waals surface area contributed by atoms with Gasteiger partial charge < -0.3 is 11.1 Å². The Kier molecular flexibility index (Phi) is 6.65. The predicted octanol–water partition coefficient (Wildman–Crippen LogP) is 1.35. The molecule has 4 heteroatoms. The molecule has 2 unspecified atom stereocenters. The first-order valence-electron chi connectivity index (χ1n) is 7.33. The highest BCUT2D eigenvalue weighted by Gasteiger charge is 2.26. The molecule has 1 rings (SSSR count). The molecule has 1 fully saturated rings. The molecule has 0 radical (unpaired) electrons. The summed E-state index contributed by atoms with van der Waals surface area (Å²) in [4.78, 5) is 14.4. The quantitative estimate of drug-likeness (QED) is 0.753. The van der Waals surface area contributed by atoms with Gasteiger partial charge in [0.25, 0.3) is 0 Å². The van der Waals surface area contributed by atoms with E-state index in [0.29, 0.717) is 5.92 Å². The number of carbonyl (C=O) groups excluding carboxylic acids is 1. The Balaban J connectivity index is 2.35. The normalized spacial score (nSPS) is 21.6. The van der Waals surface area contributed by atoms with E-state index in [-0.39, 0.29) is 18.0 Å². The van der Waals surface area contributed by atoms with E-state index >= 15 is 0 Å². The molecular formula is C14H29N3O. The van der Waals surface area contributed by atoms with E-state index in [9.17, 15) is 4.79 Å². The first kappa shape index (κ1) is 15.4. The van der Waals surface area contributed by atoms with Crippen molar-refractivity contribution >= 4 is 5.91 Å². The highest BCUT2D eigenvalue weighted by atomic mass is 16.2. The molecule has 0 bridgehead atoms. The summed E-state index contributed by atoms with van der Waals surface area (Å²) in [6.45, 7) is 9.01. The number of piperidine rings is 1. The van der Waals surface area contributed by atoms with Gasteiger partial charge in [0.2, 0.25) is 5.91 Å². The smallest absolute Gasteiger partial charge is 0.237 e. The number of carbonyl (C=O) groups is 1. The van der Waals surface area contributed by atoms with Crippen LogP contribution in [0.4, 0.5) is 0 Å². The summed E-state index contributed by atoms with van der Waals surface area (Å²) in [5.41, 5.74) is 5.69. The third-order valence-corrected chi connectivity index (χ3v) is 4.02. The summed E-state index contributed by atoms with van der Waals surface area (Å²) in [7, 11) is 0. The fraction of sp³-hybridized carbons (Fsp3) is 0.929. The molecule has 1 amide bonds. The van der Waals surface area contributed by atoms with E-state index in [1.54, 1.807) is 0 Å². The van der Waals surface area contributed by atoms with Gasteiger partial charge in [-0.05, 0) is 58.7 Å². The van der Waals surface area contributed by atoms with Crippen molar-refractivity contribution in [2.24, 2.45) is 11.7 Å². The summed E-state index contributed by atoms with van der Waals surface area (Å²) >= 11 is 0. The average molecular weight is 255 g/mol. The van der Waals surface area contributed by atoms with Gasteiger partial charge in [0.15, 0.2) is 0 Å². The second kappa shape index (κ2) is 7.74. The lowest BCUT2D eigenvalue weighted by atomic mass is 9.96. The van der Waals surface area contributed by atoms with Crippen molar-refractivity contribution in [3.63, 3.8) is 0 Å². The number of likely N-dealkylation sites (tertiary alicyclic amines) is 1. The number of hydrogen-bond acceptors (Lipinski definition) is 3. The van der Waals surface area contributed by atoms with E-state index in [0.717, 1.165) is 45.3 Å². The van der Waals surface area contributed by atoms with Gasteiger partial charge in [0, 0.05) is 6.04 Å². The maximum Gasteiger partial charge on any atom is 0.237 e. The molecule has 0 aromatic heterocycles. The molecule has 0 aliphatic carbocycles. The van der Waals surface area contributed by atoms with Crippen LogP contribution in [0.5, 0.6) is 0 Å². The molecule has 0 aromatic carbocycles. The third kappa shape index (κ3) is 4.58. The van der Waals surface area contributed by atoms with Gasteiger partial charge in [0.05, 0.1) is 6.04 Å². The summed E-state index contributed by atoms with van der Waals surface area (Å²) < 4.78 is 0. The first-order valence-corrected chi connectivity index (χ1v) is 7.33. The van der Waals surface area contributed by atoms with Gasteiger partial charge in [0.1, 0.15) is 0 Å². The fourth-order valence-corrected chi connectivity index (χ4v) is 2.61. The molecule has 4 nitrogen and oxygen atoms in total. The first-order chi connectivity index (χ1) is 8.58. The maximum atomic E-state index is 12.1. The van der Waals surface area contributed by atoms with Crippen LogP contribution >= 0.6 is 0 Å². The number of hydrogen-bond donors (Lipinski definition) is 2. The molecule has 18 heavy (non-hydrogen) atoms. The Morgan fingerprint density at radius 1 is 1.39 bits per heavy atom. The van der Waals surface area contributed by atoms with Crippen LogP contribution in [0.3, 0.4) is 0 Å². The van der Waals surface area contributed by atoms with Crippen LogP contribution < -0.4 is 11.1 Å². The van der Waals surface area contributed by atoms with Crippen molar-refractivity contribution in [2.75, 3.05) is 19.6 Å². The monoisotopic (exact) mass is 255 g/mol. The van der Waals surface area contributed by atoms with Crippen molar-refractivity contribution in [1.29, 1.82) is 0 Å². The lowest BCUT2D eigenvalue weighted by Crippen LogP contribution is -2.50. The Bertz CT molecular complexity index is 249. The lowest BCUT2D eigenvalue weighted by molar-refractivity contribution is -0.127. The highest BCUT2D eigenvalue weighted by Crippen LogP contribution is 2.17. The summed E-state index contributed by atoms with van der Waals surface area (Å²) in [5, 5.41) is 3.10. The molecule has 1 aliphatic rings. The number of amides is 1. The minimum absolute atomic E-state index is 0.0111. The van der Waals surface area contributed by atoms with Crippen LogP contribution in [0.1, 0.15) is 46.5 Å². The van der Waals surface area contributed by atoms with Crippen molar-refractivity contribution in [3.05, 3.63) is 0 Å². The molecule has 106 valence electrons. The minimum Gasteiger partial charge on any atom is -0.352 e. The zero-order valence-electron chi connectivity index (χ0n) is 12.1. The Morgan fingerprint density at radius 2 is 2.00 bits per heavy atom. The Labute approximate surface area is 111 Å². The molecular weight excluding hydrogens is 226 g/mol. The van der Waals surface area contributed by atoms with Crippen LogP contribution in [-0.4, -0.2) is 42.5 Å². The van der Waals surface area contributed by atoms with E-state index < -0.39 is 0 Å². The average Bonchev–Trinajstić information content (AvgIpc) is 2.38. The van der Waals surface area contributed by atoms with Gasteiger partial charge in [-0.3, -0.25) is 9.69 Å². The van der Waals surface area contributed by atoms with Crippen molar-refractivity contribution in [3.8, 4) is 0 Å². The summed E-state index contributed by atoms with van der Waals surface area (Å²) in [5.74, 6) is 0.817. The van der Waals surface area contributed by atoms with Gasteiger partial charge in [-0.25, -0.2) is 0 Å². The molecule has 0 saturated carbocycles. The van der Waals surface area contributed by atoms with Crippen LogP contribution in [0.2, 0.25) is 0 Å². The third-order valence-electron chi connectivity index (χ3n) is 4.02. The molecule has 2 atom stereocenters. The van der Waals surface area contributed by atoms with E-state index in [1.807, 2.05) is 6.92 Å². The zero-order valence-corrected chi connectivity index (χ0v) is 12.1. The largest absolute Gasteiger partial charge is 0.352 e. The maximum absolute atomic E-state index is 12.1. The van der Waals surface area contributed by atoms with Crippen LogP contribution in [-0.2, 0) is 4.79 Å². The zero-order chi connectivity index (χ0) is 13.5. The van der Waals surface area contributed by atoms with Crippen molar-refractivity contribution in [1.82, 2.24) is 10.2 Å². The molecule has 1 saturated heterocycles. The van der Waals surface area contributed by atoms with Crippen molar-refractivity contribution in [2.45, 2.75) is 58.5 Å². The van der Waals surface area contributed by atoms with Gasteiger partial charge in [-0.15, -0.1) is 0 Å². The van der Waals surface area contributed by atoms with E-state index in [4.69, 9.17) is 5.73 Å². The highest BCUT2D eigenvalue weighted by molar-refractivity contribution is 5.81. The molecule has 1 heterocycles. The second-order valence-electron chi connectivity index (χ2n) is 5.59. The molecule has 3 N–H and O–H groups in total. The van der Waals surface area contributed by atoms with Gasteiger partial charge in [-0.2, -0.15) is 0 Å². The SMILES string of the molecule is CCCC(C)NC(=O)C(C)N1CCC(CN)CC1. The summed E-state index contributed by atoms with van der Waals surface area (Å²) in [6, 6.07) is 0.273. The van der Waals surface area contributed by atoms with Crippen molar-refractivity contribution < 1.29 is 4.79 Å². The van der Waals surface area contributed by atoms with E-state index in [2.05, 4.69) is 24.1 Å². The second-order valence-corrected chi connectivity index (χ2v) is 5.59. The number of rotatable bonds is 6. The van der Waals surface area contributed by atoms with Gasteiger partial charge >= 0.3 is 0 Å². The van der Waals surface area contributed by atoms with Crippen LogP contribution in [0.25, 0.3) is 0 Å². The summed E-state index contributed by atoms with van der Waals surface area (Å²) in [6.07, 6.45) is 4.41. The Morgan fingerprint density at radius 3 is 2.50 bits per heavy atom. The molecule has 1 aliphatic heterocycles. The van der Waals surface area contributed by atoms with Crippen LogP contribution in [0.15, 0.2) is 0 Å².